The number of anilines is 1. The van der Waals surface area contributed by atoms with Crippen LogP contribution in [0, 0.1) is 5.92 Å². The summed E-state index contributed by atoms with van der Waals surface area (Å²) in [4.78, 5) is 25.4. The van der Waals surface area contributed by atoms with Gasteiger partial charge in [0.1, 0.15) is 0 Å². The van der Waals surface area contributed by atoms with Crippen LogP contribution in [-0.2, 0) is 22.5 Å². The Labute approximate surface area is 244 Å². The van der Waals surface area contributed by atoms with Crippen molar-refractivity contribution in [1.82, 2.24) is 15.0 Å². The highest BCUT2D eigenvalue weighted by Gasteiger charge is 2.49. The predicted molar refractivity (Wildman–Crippen MR) is 162 cm³/mol. The van der Waals surface area contributed by atoms with Crippen molar-refractivity contribution in [3.8, 4) is 0 Å². The fourth-order valence-corrected chi connectivity index (χ4v) is 9.46. The second-order valence-corrected chi connectivity index (χ2v) is 16.3. The molecule has 2 aliphatic rings. The van der Waals surface area contributed by atoms with Gasteiger partial charge in [-0.05, 0) is 74.4 Å². The number of aromatic nitrogens is 3. The van der Waals surface area contributed by atoms with Crippen LogP contribution < -0.4 is 4.90 Å². The molecule has 0 bridgehead atoms. The number of ether oxygens (including phenoxy) is 1. The van der Waals surface area contributed by atoms with Gasteiger partial charge < -0.3 is 19.5 Å². The lowest BCUT2D eigenvalue weighted by Gasteiger charge is -2.30. The largest absolute Gasteiger partial charge is 0.432 e. The Morgan fingerprint density at radius 1 is 1.05 bits per heavy atom. The Morgan fingerprint density at radius 3 is 2.49 bits per heavy atom. The highest BCUT2D eigenvalue weighted by molar-refractivity contribution is 6.71. The van der Waals surface area contributed by atoms with Crippen LogP contribution in [0.2, 0.25) is 18.6 Å². The van der Waals surface area contributed by atoms with Crippen molar-refractivity contribution in [2.24, 2.45) is 5.92 Å². The molecule has 5 rings (SSSR count). The fraction of sp³-hybridized carbons (Fsp3) is 0.531. The number of rotatable bonds is 11. The number of amides is 1. The van der Waals surface area contributed by atoms with Gasteiger partial charge in [-0.15, -0.1) is 5.10 Å². The molecule has 3 heterocycles. The van der Waals surface area contributed by atoms with Crippen LogP contribution >= 0.6 is 0 Å². The molecule has 1 unspecified atom stereocenters. The van der Waals surface area contributed by atoms with Crippen molar-refractivity contribution in [3.63, 3.8) is 0 Å². The van der Waals surface area contributed by atoms with Crippen LogP contribution in [-0.4, -0.2) is 64.5 Å². The van der Waals surface area contributed by atoms with Gasteiger partial charge in [-0.2, -0.15) is 0 Å². The minimum Gasteiger partial charge on any atom is -0.432 e. The van der Waals surface area contributed by atoms with Gasteiger partial charge in [0, 0.05) is 36.9 Å². The molecule has 5 atom stereocenters. The van der Waals surface area contributed by atoms with Crippen LogP contribution in [0.4, 0.5) is 5.69 Å². The standard InChI is InChI=1S/C32H44N4O4Si/c1-23-29(17-14-24-12-15-26(16-13-24)36-19-8-7-11-31(36)38)40-30(32(23)41(2,3)39)18-20-35-21-28(33-34-35)27(22-37)25-9-5-4-6-10-25/h4-6,9-10,12-13,15-16,21,23,27,29-30,32,37,39H,7-8,11,14,17-20,22H2,1-3H3/t23-,27?,29+,30-,32+/m0/s1. The molecule has 0 spiro atoms. The molecule has 0 radical (unpaired) electrons. The normalized spacial score (nSPS) is 24.1. The van der Waals surface area contributed by atoms with E-state index in [4.69, 9.17) is 4.74 Å². The molecule has 220 valence electrons. The number of hydrogen-bond acceptors (Lipinski definition) is 6. The summed E-state index contributed by atoms with van der Waals surface area (Å²) in [5, 5.41) is 18.7. The molecule has 0 saturated carbocycles. The summed E-state index contributed by atoms with van der Waals surface area (Å²) in [5.74, 6) is 0.277. The summed E-state index contributed by atoms with van der Waals surface area (Å²) in [7, 11) is -2.48. The van der Waals surface area contributed by atoms with E-state index in [1.807, 2.05) is 59.2 Å². The minimum absolute atomic E-state index is 0.0287. The van der Waals surface area contributed by atoms with Gasteiger partial charge in [-0.25, -0.2) is 0 Å². The molecule has 2 fully saturated rings. The second kappa shape index (κ2) is 13.0. The van der Waals surface area contributed by atoms with Gasteiger partial charge in [-0.1, -0.05) is 54.6 Å². The van der Waals surface area contributed by atoms with Crippen LogP contribution in [0.15, 0.2) is 60.8 Å². The van der Waals surface area contributed by atoms with E-state index in [9.17, 15) is 14.7 Å². The Bertz CT molecular complexity index is 1280. The quantitative estimate of drug-likeness (QED) is 0.315. The SMILES string of the molecule is C[C@@H]1[C@@H]([Si](C)(C)O)[C@H](CCn2cc(C(CO)c3ccccc3)nn2)O[C@@H]1CCc1ccc(N2CCCCC2=O)cc1. The van der Waals surface area contributed by atoms with E-state index < -0.39 is 8.32 Å². The number of carbonyl (C=O) groups excluding carboxylic acids is 1. The fourth-order valence-electron chi connectivity index (χ4n) is 6.81. The number of carbonyl (C=O) groups is 1. The number of aliphatic hydroxyl groups excluding tert-OH is 1. The third-order valence-electron chi connectivity index (χ3n) is 8.95. The topological polar surface area (TPSA) is 101 Å². The maximum Gasteiger partial charge on any atom is 0.226 e. The molecule has 9 heteroatoms. The first kappa shape index (κ1) is 29.6. The Kier molecular flexibility index (Phi) is 9.38. The lowest BCUT2D eigenvalue weighted by molar-refractivity contribution is -0.119. The highest BCUT2D eigenvalue weighted by atomic mass is 28.4. The summed E-state index contributed by atoms with van der Waals surface area (Å²) in [6, 6.07) is 18.3. The van der Waals surface area contributed by atoms with Gasteiger partial charge in [0.25, 0.3) is 0 Å². The third kappa shape index (κ3) is 6.97. The summed E-state index contributed by atoms with van der Waals surface area (Å²) < 4.78 is 8.49. The molecular formula is C32H44N4O4Si. The van der Waals surface area contributed by atoms with E-state index in [0.29, 0.717) is 13.0 Å². The summed E-state index contributed by atoms with van der Waals surface area (Å²) in [5.41, 5.74) is 4.13. The lowest BCUT2D eigenvalue weighted by atomic mass is 9.95. The second-order valence-electron chi connectivity index (χ2n) is 12.3. The van der Waals surface area contributed by atoms with Gasteiger partial charge in [-0.3, -0.25) is 9.48 Å². The molecular weight excluding hydrogens is 532 g/mol. The van der Waals surface area contributed by atoms with Crippen molar-refractivity contribution in [2.45, 2.75) is 88.8 Å². The number of aliphatic hydroxyl groups is 1. The first-order valence-electron chi connectivity index (χ1n) is 15.1. The number of aryl methyl sites for hydroxylation is 2. The molecule has 2 aromatic carbocycles. The van der Waals surface area contributed by atoms with E-state index in [-0.39, 0.29) is 42.1 Å². The number of piperidine rings is 1. The van der Waals surface area contributed by atoms with Crippen molar-refractivity contribution in [1.29, 1.82) is 0 Å². The first-order valence-corrected chi connectivity index (χ1v) is 18.1. The molecule has 2 aliphatic heterocycles. The van der Waals surface area contributed by atoms with Crippen LogP contribution in [0.3, 0.4) is 0 Å². The Morgan fingerprint density at radius 2 is 1.80 bits per heavy atom. The highest BCUT2D eigenvalue weighted by Crippen LogP contribution is 2.45. The van der Waals surface area contributed by atoms with E-state index >= 15 is 0 Å². The molecule has 3 aromatic rings. The molecule has 1 amide bonds. The number of hydrogen-bond donors (Lipinski definition) is 2. The summed E-state index contributed by atoms with van der Waals surface area (Å²) in [6.07, 6.45) is 7.18. The van der Waals surface area contributed by atoms with Crippen LogP contribution in [0.1, 0.15) is 61.8 Å². The summed E-state index contributed by atoms with van der Waals surface area (Å²) in [6.45, 7) is 7.69. The van der Waals surface area contributed by atoms with Gasteiger partial charge in [0.2, 0.25) is 5.91 Å². The number of benzene rings is 2. The predicted octanol–water partition coefficient (Wildman–Crippen LogP) is 4.91. The van der Waals surface area contributed by atoms with Crippen LogP contribution in [0.5, 0.6) is 0 Å². The van der Waals surface area contributed by atoms with Crippen molar-refractivity contribution in [3.05, 3.63) is 77.6 Å². The lowest BCUT2D eigenvalue weighted by Crippen LogP contribution is -2.40. The molecule has 8 nitrogen and oxygen atoms in total. The molecule has 0 aliphatic carbocycles. The third-order valence-corrected chi connectivity index (χ3v) is 11.5. The van der Waals surface area contributed by atoms with E-state index in [2.05, 4.69) is 41.5 Å². The average molecular weight is 577 g/mol. The average Bonchev–Trinajstić information content (AvgIpc) is 3.56. The van der Waals surface area contributed by atoms with Crippen LogP contribution in [0.25, 0.3) is 0 Å². The zero-order valence-corrected chi connectivity index (χ0v) is 25.5. The maximum atomic E-state index is 12.3. The Hall–Kier alpha value is -2.85. The first-order chi connectivity index (χ1) is 19.7. The molecule has 1 aromatic heterocycles. The minimum atomic E-state index is -2.48. The molecule has 2 saturated heterocycles. The van der Waals surface area contributed by atoms with Gasteiger partial charge >= 0.3 is 0 Å². The summed E-state index contributed by atoms with van der Waals surface area (Å²) >= 11 is 0. The number of nitrogens with zero attached hydrogens (tertiary/aromatic N) is 4. The van der Waals surface area contributed by atoms with E-state index in [0.717, 1.165) is 55.6 Å². The smallest absolute Gasteiger partial charge is 0.226 e. The van der Waals surface area contributed by atoms with Crippen molar-refractivity contribution in [2.75, 3.05) is 18.1 Å². The van der Waals surface area contributed by atoms with E-state index in [1.165, 1.54) is 5.56 Å². The van der Waals surface area contributed by atoms with Gasteiger partial charge in [0.15, 0.2) is 8.32 Å². The van der Waals surface area contributed by atoms with Gasteiger partial charge in [0.05, 0.1) is 30.4 Å². The van der Waals surface area contributed by atoms with Crippen molar-refractivity contribution < 1.29 is 19.4 Å². The zero-order chi connectivity index (χ0) is 29.0. The Balaban J connectivity index is 1.19. The zero-order valence-electron chi connectivity index (χ0n) is 24.5. The molecule has 41 heavy (non-hydrogen) atoms. The molecule has 2 N–H and O–H groups in total. The van der Waals surface area contributed by atoms with Crippen molar-refractivity contribution >= 4 is 19.9 Å². The van der Waals surface area contributed by atoms with E-state index in [1.54, 1.807) is 0 Å². The monoisotopic (exact) mass is 576 g/mol. The maximum absolute atomic E-state index is 12.3.